The van der Waals surface area contributed by atoms with Crippen LogP contribution in [0.5, 0.6) is 0 Å². The number of pyridine rings is 1. The minimum atomic E-state index is -3.23. The van der Waals surface area contributed by atoms with Crippen molar-refractivity contribution in [2.75, 3.05) is 12.9 Å². The molecule has 110 valence electrons. The van der Waals surface area contributed by atoms with Crippen molar-refractivity contribution < 1.29 is 17.9 Å². The molecule has 0 fully saturated rings. The zero-order valence-corrected chi connectivity index (χ0v) is 12.1. The quantitative estimate of drug-likeness (QED) is 0.786. The maximum atomic E-state index is 12.2. The number of fused-ring (bicyclic) bond motifs is 3. The molecule has 1 aromatic carbocycles. The second kappa shape index (κ2) is 4.70. The lowest BCUT2D eigenvalue weighted by Crippen LogP contribution is -2.27. The normalized spacial score (nSPS) is 16.4. The summed E-state index contributed by atoms with van der Waals surface area (Å²) in [6.45, 7) is 0. The minimum absolute atomic E-state index is 0.0149. The number of ether oxygens (including phenoxy) is 1. The highest BCUT2D eigenvalue weighted by atomic mass is 32.2. The molecule has 1 aromatic heterocycles. The summed E-state index contributed by atoms with van der Waals surface area (Å²) in [5, 5.41) is 0.697. The standard InChI is InChI=1S/C14H13NO5S/c1-20-14(17)10-4-2-3-9-8-5-6-21(18,19)7-11(8)13(16)15-12(9)10/h2-4H,5-7H2,1H3,(H,15,16). The van der Waals surface area contributed by atoms with Gasteiger partial charge in [-0.3, -0.25) is 4.79 Å². The van der Waals surface area contributed by atoms with Gasteiger partial charge in [-0.1, -0.05) is 12.1 Å². The highest BCUT2D eigenvalue weighted by Gasteiger charge is 2.26. The molecule has 0 saturated heterocycles. The van der Waals surface area contributed by atoms with Crippen LogP contribution in [-0.4, -0.2) is 32.2 Å². The zero-order chi connectivity index (χ0) is 15.2. The molecule has 6 nitrogen and oxygen atoms in total. The second-order valence-electron chi connectivity index (χ2n) is 4.97. The fourth-order valence-corrected chi connectivity index (χ4v) is 4.10. The highest BCUT2D eigenvalue weighted by Crippen LogP contribution is 2.26. The molecule has 1 N–H and O–H groups in total. The number of hydrogen-bond acceptors (Lipinski definition) is 5. The van der Waals surface area contributed by atoms with E-state index in [1.807, 2.05) is 0 Å². The molecule has 1 aliphatic rings. The number of H-pyrrole nitrogens is 1. The number of esters is 1. The largest absolute Gasteiger partial charge is 0.465 e. The van der Waals surface area contributed by atoms with Gasteiger partial charge in [0.05, 0.1) is 29.7 Å². The summed E-state index contributed by atoms with van der Waals surface area (Å²) in [7, 11) is -1.96. The van der Waals surface area contributed by atoms with Crippen LogP contribution in [0.25, 0.3) is 10.9 Å². The van der Waals surface area contributed by atoms with Gasteiger partial charge in [0.1, 0.15) is 0 Å². The molecule has 0 radical (unpaired) electrons. The van der Waals surface area contributed by atoms with E-state index in [4.69, 9.17) is 4.74 Å². The number of aromatic nitrogens is 1. The van der Waals surface area contributed by atoms with Crippen LogP contribution in [0.2, 0.25) is 0 Å². The molecule has 0 bridgehead atoms. The maximum absolute atomic E-state index is 12.2. The van der Waals surface area contributed by atoms with Crippen LogP contribution in [-0.2, 0) is 26.7 Å². The smallest absolute Gasteiger partial charge is 0.339 e. The number of aryl methyl sites for hydroxylation is 1. The molecule has 0 aliphatic carbocycles. The number of benzene rings is 1. The van der Waals surface area contributed by atoms with E-state index < -0.39 is 21.4 Å². The first kappa shape index (κ1) is 13.8. The van der Waals surface area contributed by atoms with E-state index in [2.05, 4.69) is 4.98 Å². The third-order valence-corrected chi connectivity index (χ3v) is 5.25. The number of sulfone groups is 1. The Balaban J connectivity index is 2.36. The average Bonchev–Trinajstić information content (AvgIpc) is 2.45. The number of hydrogen-bond donors (Lipinski definition) is 1. The van der Waals surface area contributed by atoms with Crippen LogP contribution >= 0.6 is 0 Å². The number of carbonyl (C=O) groups excluding carboxylic acids is 1. The Kier molecular flexibility index (Phi) is 3.09. The fraction of sp³-hybridized carbons (Fsp3) is 0.286. The summed E-state index contributed by atoms with van der Waals surface area (Å²) in [4.78, 5) is 26.5. The molecule has 0 saturated carbocycles. The van der Waals surface area contributed by atoms with Gasteiger partial charge >= 0.3 is 5.97 Å². The SMILES string of the molecule is COC(=O)c1cccc2c3c(c(=O)[nH]c12)CS(=O)(=O)CC3. The summed E-state index contributed by atoms with van der Waals surface area (Å²) < 4.78 is 28.1. The molecular weight excluding hydrogens is 294 g/mol. The van der Waals surface area contributed by atoms with E-state index in [9.17, 15) is 18.0 Å². The average molecular weight is 307 g/mol. The zero-order valence-electron chi connectivity index (χ0n) is 11.3. The van der Waals surface area contributed by atoms with Crippen molar-refractivity contribution in [1.82, 2.24) is 4.98 Å². The fourth-order valence-electron chi connectivity index (χ4n) is 2.69. The summed E-state index contributed by atoms with van der Waals surface area (Å²) >= 11 is 0. The van der Waals surface area contributed by atoms with E-state index in [0.29, 0.717) is 16.5 Å². The number of aromatic amines is 1. The van der Waals surface area contributed by atoms with Crippen LogP contribution in [0, 0.1) is 0 Å². The Morgan fingerprint density at radius 1 is 1.29 bits per heavy atom. The lowest BCUT2D eigenvalue weighted by atomic mass is 9.99. The molecule has 0 amide bonds. The first-order valence-corrected chi connectivity index (χ1v) is 8.20. The Labute approximate surface area is 120 Å². The molecule has 0 atom stereocenters. The third-order valence-electron chi connectivity index (χ3n) is 3.70. The molecule has 21 heavy (non-hydrogen) atoms. The monoisotopic (exact) mass is 307 g/mol. The Hall–Kier alpha value is -2.15. The number of nitrogens with one attached hydrogen (secondary N) is 1. The van der Waals surface area contributed by atoms with Gasteiger partial charge < -0.3 is 9.72 Å². The van der Waals surface area contributed by atoms with Gasteiger partial charge in [0.25, 0.3) is 5.56 Å². The van der Waals surface area contributed by atoms with E-state index >= 15 is 0 Å². The molecule has 0 unspecified atom stereocenters. The van der Waals surface area contributed by atoms with Gasteiger partial charge in [-0.2, -0.15) is 0 Å². The summed E-state index contributed by atoms with van der Waals surface area (Å²) in [6.07, 6.45) is 0.280. The van der Waals surface area contributed by atoms with Gasteiger partial charge in [-0.25, -0.2) is 13.2 Å². The van der Waals surface area contributed by atoms with Crippen LogP contribution in [0.4, 0.5) is 0 Å². The number of methoxy groups -OCH3 is 1. The van der Waals surface area contributed by atoms with E-state index in [1.54, 1.807) is 18.2 Å². The van der Waals surface area contributed by atoms with E-state index in [-0.39, 0.29) is 29.1 Å². The van der Waals surface area contributed by atoms with Gasteiger partial charge in [-0.15, -0.1) is 0 Å². The van der Waals surface area contributed by atoms with Crippen molar-refractivity contribution in [2.24, 2.45) is 0 Å². The first-order valence-electron chi connectivity index (χ1n) is 6.38. The van der Waals surface area contributed by atoms with Crippen molar-refractivity contribution >= 4 is 26.7 Å². The second-order valence-corrected chi connectivity index (χ2v) is 7.16. The molecular formula is C14H13NO5S. The van der Waals surface area contributed by atoms with Gasteiger partial charge in [0.2, 0.25) is 0 Å². The van der Waals surface area contributed by atoms with Crippen molar-refractivity contribution in [3.63, 3.8) is 0 Å². The number of para-hydroxylation sites is 1. The topological polar surface area (TPSA) is 93.3 Å². The molecule has 7 heteroatoms. The van der Waals surface area contributed by atoms with Crippen molar-refractivity contribution in [1.29, 1.82) is 0 Å². The predicted molar refractivity (Wildman–Crippen MR) is 77.1 cm³/mol. The van der Waals surface area contributed by atoms with Gasteiger partial charge in [-0.05, 0) is 18.1 Å². The lowest BCUT2D eigenvalue weighted by Gasteiger charge is -2.18. The first-order chi connectivity index (χ1) is 9.93. The van der Waals surface area contributed by atoms with Gasteiger partial charge in [0.15, 0.2) is 9.84 Å². The van der Waals surface area contributed by atoms with Crippen LogP contribution in [0.3, 0.4) is 0 Å². The maximum Gasteiger partial charge on any atom is 0.339 e. The Morgan fingerprint density at radius 3 is 2.76 bits per heavy atom. The number of rotatable bonds is 1. The summed E-state index contributed by atoms with van der Waals surface area (Å²) in [6, 6.07) is 5.03. The molecule has 2 heterocycles. The van der Waals surface area contributed by atoms with Crippen LogP contribution in [0.1, 0.15) is 21.5 Å². The molecule has 0 spiro atoms. The third kappa shape index (κ3) is 2.23. The minimum Gasteiger partial charge on any atom is -0.465 e. The van der Waals surface area contributed by atoms with Crippen LogP contribution in [0.15, 0.2) is 23.0 Å². The lowest BCUT2D eigenvalue weighted by molar-refractivity contribution is 0.0602. The van der Waals surface area contributed by atoms with E-state index in [0.717, 1.165) is 0 Å². The molecule has 1 aliphatic heterocycles. The van der Waals surface area contributed by atoms with Crippen molar-refractivity contribution in [3.05, 3.63) is 45.2 Å². The van der Waals surface area contributed by atoms with Gasteiger partial charge in [0, 0.05) is 10.9 Å². The predicted octanol–water partition coefficient (Wildman–Crippen LogP) is 0.786. The van der Waals surface area contributed by atoms with E-state index in [1.165, 1.54) is 7.11 Å². The van der Waals surface area contributed by atoms with Crippen molar-refractivity contribution in [3.8, 4) is 0 Å². The summed E-state index contributed by atoms with van der Waals surface area (Å²) in [5.74, 6) is -0.781. The summed E-state index contributed by atoms with van der Waals surface area (Å²) in [5.41, 5.74) is 1.18. The van der Waals surface area contributed by atoms with Crippen LogP contribution < -0.4 is 5.56 Å². The highest BCUT2D eigenvalue weighted by molar-refractivity contribution is 7.90. The Bertz CT molecular complexity index is 911. The molecule has 3 rings (SSSR count). The Morgan fingerprint density at radius 2 is 2.05 bits per heavy atom. The number of carbonyl (C=O) groups is 1. The van der Waals surface area contributed by atoms with Crippen molar-refractivity contribution in [2.45, 2.75) is 12.2 Å². The molecule has 2 aromatic rings.